The molecule has 2 atom stereocenters. The number of hydrogen-bond acceptors (Lipinski definition) is 4. The lowest BCUT2D eigenvalue weighted by atomic mass is 9.46. The summed E-state index contributed by atoms with van der Waals surface area (Å²) in [6.45, 7) is 0. The molecular weight excluding hydrogens is 473 g/mol. The number of sulfonamides is 1. The number of hydrogen-bond donors (Lipinski definition) is 3. The van der Waals surface area contributed by atoms with Crippen LogP contribution in [0.1, 0.15) is 57.8 Å². The molecule has 0 aliphatic heterocycles. The predicted molar refractivity (Wildman–Crippen MR) is 121 cm³/mol. The van der Waals surface area contributed by atoms with Crippen LogP contribution in [0, 0.1) is 17.3 Å². The zero-order valence-electron chi connectivity index (χ0n) is 17.6. The van der Waals surface area contributed by atoms with E-state index in [-0.39, 0.29) is 26.8 Å². The molecule has 6 rings (SSSR count). The molecule has 5 aliphatic rings. The number of carbonyl (C=O) groups is 2. The highest BCUT2D eigenvalue weighted by molar-refractivity contribution is 7.89. The van der Waals surface area contributed by atoms with E-state index >= 15 is 0 Å². The molecule has 5 aliphatic carbocycles. The van der Waals surface area contributed by atoms with Crippen LogP contribution >= 0.6 is 23.2 Å². The van der Waals surface area contributed by atoms with Gasteiger partial charge in [-0.3, -0.25) is 9.59 Å². The zero-order chi connectivity index (χ0) is 22.9. The Morgan fingerprint density at radius 2 is 1.72 bits per heavy atom. The maximum atomic E-state index is 13.6. The molecule has 10 heteroatoms. The summed E-state index contributed by atoms with van der Waals surface area (Å²) in [5, 5.41) is 3.28. The summed E-state index contributed by atoms with van der Waals surface area (Å²) in [6.07, 6.45) is 6.36. The first-order valence-electron chi connectivity index (χ1n) is 11.1. The number of nitrogens with two attached hydrogens (primary N) is 1. The van der Waals surface area contributed by atoms with Crippen molar-refractivity contribution in [3.05, 3.63) is 28.2 Å². The molecule has 32 heavy (non-hydrogen) atoms. The van der Waals surface area contributed by atoms with Gasteiger partial charge in [-0.2, -0.15) is 4.72 Å². The minimum absolute atomic E-state index is 0.0685. The van der Waals surface area contributed by atoms with Gasteiger partial charge < -0.3 is 11.1 Å². The first-order valence-corrected chi connectivity index (χ1v) is 13.3. The van der Waals surface area contributed by atoms with Crippen molar-refractivity contribution in [2.75, 3.05) is 0 Å². The Morgan fingerprint density at radius 3 is 2.28 bits per heavy atom. The van der Waals surface area contributed by atoms with E-state index in [1.165, 1.54) is 18.2 Å². The molecule has 0 saturated heterocycles. The molecule has 0 spiro atoms. The molecule has 1 aromatic carbocycles. The van der Waals surface area contributed by atoms with Crippen molar-refractivity contribution >= 4 is 45.0 Å². The molecule has 4 N–H and O–H groups in total. The summed E-state index contributed by atoms with van der Waals surface area (Å²) in [6, 6.07) is 4.39. The summed E-state index contributed by atoms with van der Waals surface area (Å²) in [7, 11) is -4.07. The van der Waals surface area contributed by atoms with Crippen LogP contribution in [0.2, 0.25) is 10.0 Å². The molecule has 0 heterocycles. The van der Waals surface area contributed by atoms with Crippen LogP contribution in [0.5, 0.6) is 0 Å². The van der Waals surface area contributed by atoms with Crippen LogP contribution in [-0.4, -0.2) is 31.3 Å². The van der Waals surface area contributed by atoms with E-state index in [1.54, 1.807) is 0 Å². The third kappa shape index (κ3) is 3.45. The maximum Gasteiger partial charge on any atom is 0.243 e. The lowest BCUT2D eigenvalue weighted by Gasteiger charge is -2.61. The van der Waals surface area contributed by atoms with E-state index < -0.39 is 26.5 Å². The fourth-order valence-electron chi connectivity index (χ4n) is 6.97. The monoisotopic (exact) mass is 499 g/mol. The molecule has 0 aromatic heterocycles. The van der Waals surface area contributed by atoms with Crippen molar-refractivity contribution in [2.24, 2.45) is 23.0 Å². The SMILES string of the molecule is NC(=O)C12CC3CC(CC(NC(=O)C4(NS(=O)(=O)c5cccc(Cl)c5Cl)CCC4)(C3)C1)C2. The molecule has 2 unspecified atom stereocenters. The quantitative estimate of drug-likeness (QED) is 0.556. The lowest BCUT2D eigenvalue weighted by molar-refractivity contribution is -0.152. The molecule has 174 valence electrons. The van der Waals surface area contributed by atoms with Gasteiger partial charge in [0, 0.05) is 5.54 Å². The van der Waals surface area contributed by atoms with Gasteiger partial charge in [0.1, 0.15) is 10.4 Å². The van der Waals surface area contributed by atoms with E-state index in [1.807, 2.05) is 0 Å². The number of rotatable bonds is 6. The average molecular weight is 500 g/mol. The number of benzene rings is 1. The molecule has 4 bridgehead atoms. The Balaban J connectivity index is 1.40. The number of nitrogens with one attached hydrogen (secondary N) is 2. The van der Waals surface area contributed by atoms with Gasteiger partial charge in [-0.15, -0.1) is 0 Å². The number of primary amides is 1. The topological polar surface area (TPSA) is 118 Å². The minimum atomic E-state index is -4.07. The normalized spacial score (nSPS) is 34.7. The summed E-state index contributed by atoms with van der Waals surface area (Å²) in [5.74, 6) is 0.124. The van der Waals surface area contributed by atoms with Gasteiger partial charge in [0.05, 0.1) is 15.5 Å². The Bertz CT molecular complexity index is 1090. The van der Waals surface area contributed by atoms with Crippen LogP contribution in [0.25, 0.3) is 0 Å². The van der Waals surface area contributed by atoms with Crippen molar-refractivity contribution in [3.63, 3.8) is 0 Å². The average Bonchev–Trinajstić information content (AvgIpc) is 2.65. The fraction of sp³-hybridized carbons (Fsp3) is 0.636. The number of amides is 2. The third-order valence-electron chi connectivity index (χ3n) is 8.14. The van der Waals surface area contributed by atoms with Gasteiger partial charge in [-0.05, 0) is 81.8 Å². The fourth-order valence-corrected chi connectivity index (χ4v) is 9.15. The number of carbonyl (C=O) groups excluding carboxylic acids is 2. The molecule has 5 fully saturated rings. The molecule has 0 radical (unpaired) electrons. The van der Waals surface area contributed by atoms with Crippen LogP contribution in [0.15, 0.2) is 23.1 Å². The van der Waals surface area contributed by atoms with E-state index in [0.717, 1.165) is 38.5 Å². The van der Waals surface area contributed by atoms with Crippen molar-refractivity contribution in [2.45, 2.75) is 73.8 Å². The first-order chi connectivity index (χ1) is 15.0. The van der Waals surface area contributed by atoms with Crippen molar-refractivity contribution in [1.29, 1.82) is 0 Å². The molecule has 2 amide bonds. The van der Waals surface area contributed by atoms with E-state index in [9.17, 15) is 18.0 Å². The van der Waals surface area contributed by atoms with Crippen LogP contribution in [0.3, 0.4) is 0 Å². The van der Waals surface area contributed by atoms with Crippen LogP contribution < -0.4 is 15.8 Å². The van der Waals surface area contributed by atoms with Crippen LogP contribution in [0.4, 0.5) is 0 Å². The lowest BCUT2D eigenvalue weighted by Crippen LogP contribution is -2.70. The minimum Gasteiger partial charge on any atom is -0.369 e. The van der Waals surface area contributed by atoms with Gasteiger partial charge in [0.15, 0.2) is 0 Å². The highest BCUT2D eigenvalue weighted by Crippen LogP contribution is 2.61. The predicted octanol–water partition coefficient (Wildman–Crippen LogP) is 3.13. The molecule has 1 aromatic rings. The maximum absolute atomic E-state index is 13.6. The van der Waals surface area contributed by atoms with Crippen molar-refractivity contribution in [3.8, 4) is 0 Å². The Morgan fingerprint density at radius 1 is 1.06 bits per heavy atom. The van der Waals surface area contributed by atoms with Crippen molar-refractivity contribution in [1.82, 2.24) is 10.0 Å². The largest absolute Gasteiger partial charge is 0.369 e. The highest BCUT2D eigenvalue weighted by Gasteiger charge is 2.61. The van der Waals surface area contributed by atoms with Crippen molar-refractivity contribution < 1.29 is 18.0 Å². The van der Waals surface area contributed by atoms with E-state index in [2.05, 4.69) is 10.0 Å². The van der Waals surface area contributed by atoms with Crippen LogP contribution in [-0.2, 0) is 19.6 Å². The summed E-state index contributed by atoms with van der Waals surface area (Å²) in [4.78, 5) is 25.8. The van der Waals surface area contributed by atoms with Gasteiger partial charge in [0.2, 0.25) is 21.8 Å². The molecule has 5 saturated carbocycles. The van der Waals surface area contributed by atoms with E-state index in [0.29, 0.717) is 31.1 Å². The smallest absolute Gasteiger partial charge is 0.243 e. The second kappa shape index (κ2) is 7.32. The zero-order valence-corrected chi connectivity index (χ0v) is 20.0. The van der Waals surface area contributed by atoms with Gasteiger partial charge in [0.25, 0.3) is 0 Å². The Kier molecular flexibility index (Phi) is 5.14. The first kappa shape index (κ1) is 22.4. The summed E-state index contributed by atoms with van der Waals surface area (Å²) in [5.41, 5.74) is 3.52. The van der Waals surface area contributed by atoms with E-state index in [4.69, 9.17) is 28.9 Å². The Hall–Kier alpha value is -1.35. The molecular formula is C22H27Cl2N3O4S. The second-order valence-corrected chi connectivity index (χ2v) is 12.9. The summed E-state index contributed by atoms with van der Waals surface area (Å²) >= 11 is 12.1. The van der Waals surface area contributed by atoms with Gasteiger partial charge in [-0.1, -0.05) is 29.3 Å². The second-order valence-electron chi connectivity index (χ2n) is 10.4. The molecule has 7 nitrogen and oxygen atoms in total. The third-order valence-corrected chi connectivity index (χ3v) is 10.6. The Labute approximate surface area is 197 Å². The van der Waals surface area contributed by atoms with Gasteiger partial charge in [-0.25, -0.2) is 8.42 Å². The standard InChI is InChI=1S/C22H27Cl2N3O4S/c23-15-3-1-4-16(17(15)24)32(30,31)27-22(5-2-6-22)19(29)26-21-10-13-7-14(11-21)9-20(8-13,12-21)18(25)28/h1,3-4,13-14,27H,2,5-12H2,(H2,25,28)(H,26,29). The van der Waals surface area contributed by atoms with Gasteiger partial charge >= 0.3 is 0 Å². The summed E-state index contributed by atoms with van der Waals surface area (Å²) < 4.78 is 28.9. The highest BCUT2D eigenvalue weighted by atomic mass is 35.5. The number of halogens is 2.